The van der Waals surface area contributed by atoms with Crippen molar-refractivity contribution in [2.75, 3.05) is 6.61 Å². The number of nitrogens with zero attached hydrogens (tertiary/aromatic N) is 1. The van der Waals surface area contributed by atoms with E-state index in [1.54, 1.807) is 12.4 Å². The van der Waals surface area contributed by atoms with Gasteiger partial charge in [0, 0.05) is 17.1 Å². The van der Waals surface area contributed by atoms with Gasteiger partial charge in [-0.05, 0) is 13.8 Å². The molecule has 0 atom stereocenters. The van der Waals surface area contributed by atoms with Crippen molar-refractivity contribution >= 4 is 11.8 Å². The molecule has 0 amide bonds. The Hall–Kier alpha value is -0.480. The van der Waals surface area contributed by atoms with Gasteiger partial charge < -0.3 is 4.98 Å². The number of H-pyrrole nitrogens is 1. The van der Waals surface area contributed by atoms with Gasteiger partial charge in [0.2, 0.25) is 0 Å². The number of aromatic nitrogens is 2. The fourth-order valence-corrected chi connectivity index (χ4v) is 1.42. The smallest absolute Gasteiger partial charge is 0.165 e. The van der Waals surface area contributed by atoms with E-state index < -0.39 is 0 Å². The highest BCUT2D eigenvalue weighted by atomic mass is 32.2. The minimum absolute atomic E-state index is 0.0988. The molecule has 0 aliphatic heterocycles. The summed E-state index contributed by atoms with van der Waals surface area (Å²) in [6.45, 7) is 3.72. The Morgan fingerprint density at radius 1 is 1.73 bits per heavy atom. The average Bonchev–Trinajstić information content (AvgIpc) is 2.39. The van der Waals surface area contributed by atoms with Crippen LogP contribution in [0.1, 0.15) is 13.8 Å². The Balaban J connectivity index is 2.56. The van der Waals surface area contributed by atoms with Crippen molar-refractivity contribution in [1.29, 1.82) is 0 Å². The summed E-state index contributed by atoms with van der Waals surface area (Å²) < 4.78 is -0.266. The molecule has 1 radical (unpaired) electrons. The van der Waals surface area contributed by atoms with Crippen LogP contribution >= 0.6 is 11.8 Å². The zero-order valence-corrected chi connectivity index (χ0v) is 7.44. The van der Waals surface area contributed by atoms with Crippen LogP contribution in [-0.4, -0.2) is 21.3 Å². The summed E-state index contributed by atoms with van der Waals surface area (Å²) in [5, 5.41) is 11.4. The summed E-state index contributed by atoms with van der Waals surface area (Å²) in [5.74, 6) is 0. The first kappa shape index (κ1) is 8.62. The van der Waals surface area contributed by atoms with Crippen molar-refractivity contribution in [3.8, 4) is 0 Å². The first-order valence-corrected chi connectivity index (χ1v) is 4.22. The van der Waals surface area contributed by atoms with Gasteiger partial charge in [-0.3, -0.25) is 0 Å². The van der Waals surface area contributed by atoms with Gasteiger partial charge >= 0.3 is 0 Å². The maximum Gasteiger partial charge on any atom is 0.165 e. The second-order valence-electron chi connectivity index (χ2n) is 2.90. The van der Waals surface area contributed by atoms with E-state index in [1.807, 2.05) is 13.8 Å². The normalized spacial score (nSPS) is 11.9. The maximum atomic E-state index is 10.6. The van der Waals surface area contributed by atoms with Crippen molar-refractivity contribution in [3.63, 3.8) is 0 Å². The molecule has 1 rings (SSSR count). The quantitative estimate of drug-likeness (QED) is 0.704. The highest BCUT2D eigenvalue weighted by Crippen LogP contribution is 2.28. The van der Waals surface area contributed by atoms with Gasteiger partial charge in [-0.2, -0.15) is 0 Å². The second kappa shape index (κ2) is 3.28. The predicted octanol–water partition coefficient (Wildman–Crippen LogP) is 1.71. The van der Waals surface area contributed by atoms with Crippen molar-refractivity contribution in [1.82, 2.24) is 9.97 Å². The van der Waals surface area contributed by atoms with Crippen molar-refractivity contribution in [2.45, 2.75) is 23.8 Å². The molecule has 0 aliphatic rings. The van der Waals surface area contributed by atoms with E-state index in [2.05, 4.69) is 9.97 Å². The molecule has 0 unspecified atom stereocenters. The van der Waals surface area contributed by atoms with E-state index in [0.29, 0.717) is 0 Å². The molecule has 0 spiro atoms. The Morgan fingerprint density at radius 3 is 2.91 bits per heavy atom. The van der Waals surface area contributed by atoms with Crippen LogP contribution in [0.3, 0.4) is 0 Å². The number of nitrogens with one attached hydrogen (secondary N) is 1. The zero-order chi connectivity index (χ0) is 8.32. The van der Waals surface area contributed by atoms with E-state index in [0.717, 1.165) is 5.16 Å². The van der Waals surface area contributed by atoms with Crippen molar-refractivity contribution in [3.05, 3.63) is 12.4 Å². The predicted molar refractivity (Wildman–Crippen MR) is 44.1 cm³/mol. The highest BCUT2D eigenvalue weighted by Gasteiger charge is 2.19. The molecule has 0 aliphatic carbocycles. The topological polar surface area (TPSA) is 48.6 Å². The fraction of sp³-hybridized carbons (Fsp3) is 0.571. The molecule has 0 fully saturated rings. The van der Waals surface area contributed by atoms with Gasteiger partial charge in [0.15, 0.2) is 5.16 Å². The lowest BCUT2D eigenvalue weighted by atomic mass is 10.2. The summed E-state index contributed by atoms with van der Waals surface area (Å²) in [7, 11) is 0. The summed E-state index contributed by atoms with van der Waals surface area (Å²) in [5.41, 5.74) is 0. The first-order valence-electron chi connectivity index (χ1n) is 3.40. The van der Waals surface area contributed by atoms with Crippen LogP contribution in [0.5, 0.6) is 0 Å². The Labute approximate surface area is 70.2 Å². The molecule has 0 aromatic carbocycles. The number of hydrogen-bond donors (Lipinski definition) is 1. The molecule has 0 bridgehead atoms. The molecule has 0 saturated carbocycles. The highest BCUT2D eigenvalue weighted by molar-refractivity contribution is 8.00. The maximum absolute atomic E-state index is 10.6. The third-order valence-corrected chi connectivity index (χ3v) is 2.28. The minimum atomic E-state index is -0.266. The van der Waals surface area contributed by atoms with E-state index in [9.17, 15) is 5.11 Å². The summed E-state index contributed by atoms with van der Waals surface area (Å²) >= 11 is 1.47. The van der Waals surface area contributed by atoms with E-state index in [4.69, 9.17) is 0 Å². The molecular formula is C7H11N2OS. The van der Waals surface area contributed by atoms with Gasteiger partial charge in [-0.25, -0.2) is 10.1 Å². The molecule has 0 saturated heterocycles. The summed E-state index contributed by atoms with van der Waals surface area (Å²) in [6, 6.07) is 0. The van der Waals surface area contributed by atoms with E-state index in [1.165, 1.54) is 11.8 Å². The van der Waals surface area contributed by atoms with E-state index >= 15 is 0 Å². The van der Waals surface area contributed by atoms with Crippen molar-refractivity contribution in [2.24, 2.45) is 0 Å². The lowest BCUT2D eigenvalue weighted by Crippen LogP contribution is -2.18. The first-order chi connectivity index (χ1) is 5.14. The Bertz CT molecular complexity index is 208. The molecular weight excluding hydrogens is 160 g/mol. The van der Waals surface area contributed by atoms with E-state index in [-0.39, 0.29) is 11.4 Å². The zero-order valence-electron chi connectivity index (χ0n) is 6.63. The lowest BCUT2D eigenvalue weighted by Gasteiger charge is -2.17. The van der Waals surface area contributed by atoms with Gasteiger partial charge in [0.25, 0.3) is 0 Å². The monoisotopic (exact) mass is 171 g/mol. The van der Waals surface area contributed by atoms with Crippen LogP contribution in [0.2, 0.25) is 0 Å². The lowest BCUT2D eigenvalue weighted by molar-refractivity contribution is 0.171. The molecule has 61 valence electrons. The number of thioether (sulfide) groups is 1. The van der Waals surface area contributed by atoms with Gasteiger partial charge in [0.05, 0.1) is 6.61 Å². The van der Waals surface area contributed by atoms with Crippen LogP contribution < -0.4 is 0 Å². The summed E-state index contributed by atoms with van der Waals surface area (Å²) in [6.07, 6.45) is 3.44. The minimum Gasteiger partial charge on any atom is -0.340 e. The second-order valence-corrected chi connectivity index (χ2v) is 4.60. The fourth-order valence-electron chi connectivity index (χ4n) is 0.598. The molecule has 1 N–H and O–H groups in total. The third-order valence-electron chi connectivity index (χ3n) is 1.19. The average molecular weight is 171 g/mol. The van der Waals surface area contributed by atoms with Crippen molar-refractivity contribution < 1.29 is 5.11 Å². The van der Waals surface area contributed by atoms with Crippen LogP contribution in [0.15, 0.2) is 17.6 Å². The van der Waals surface area contributed by atoms with Crippen LogP contribution in [-0.2, 0) is 5.11 Å². The SMILES string of the molecule is CC(C)(C[O])Sc1ncc[nH]1. The Kier molecular flexibility index (Phi) is 2.57. The molecule has 11 heavy (non-hydrogen) atoms. The van der Waals surface area contributed by atoms with Crippen LogP contribution in [0, 0.1) is 0 Å². The van der Waals surface area contributed by atoms with Crippen LogP contribution in [0.4, 0.5) is 0 Å². The molecule has 1 aromatic heterocycles. The molecule has 1 heterocycles. The largest absolute Gasteiger partial charge is 0.340 e. The van der Waals surface area contributed by atoms with Gasteiger partial charge in [-0.1, -0.05) is 11.8 Å². The molecule has 3 nitrogen and oxygen atoms in total. The number of aromatic amines is 1. The standard InChI is InChI=1S/C7H11N2OS/c1-7(2,5-10)11-6-8-3-4-9-6/h3-4H,5H2,1-2H3,(H,8,9). The number of hydrogen-bond acceptors (Lipinski definition) is 2. The van der Waals surface area contributed by atoms with Gasteiger partial charge in [0.1, 0.15) is 0 Å². The van der Waals surface area contributed by atoms with Crippen LogP contribution in [0.25, 0.3) is 0 Å². The number of imidazole rings is 1. The number of rotatable bonds is 3. The molecule has 4 heteroatoms. The third kappa shape index (κ3) is 2.55. The molecule has 1 aromatic rings. The Morgan fingerprint density at radius 2 is 2.45 bits per heavy atom. The summed E-state index contributed by atoms with van der Waals surface area (Å²) in [4.78, 5) is 6.96. The van der Waals surface area contributed by atoms with Gasteiger partial charge in [-0.15, -0.1) is 0 Å².